The smallest absolute Gasteiger partial charge is 0.0812 e. The van der Waals surface area contributed by atoms with Crippen molar-refractivity contribution < 1.29 is 0 Å². The Kier molecular flexibility index (Phi) is 3.37. The molecule has 0 aromatic heterocycles. The van der Waals surface area contributed by atoms with Crippen LogP contribution in [0.15, 0.2) is 0 Å². The van der Waals surface area contributed by atoms with E-state index in [1.165, 1.54) is 25.6 Å². The van der Waals surface area contributed by atoms with Gasteiger partial charge in [-0.05, 0) is 5.92 Å². The van der Waals surface area contributed by atoms with E-state index >= 15 is 0 Å². The number of hydrogen-bond acceptors (Lipinski definition) is 0. The average Bonchev–Trinajstić information content (AvgIpc) is 2.10. The zero-order valence-corrected chi connectivity index (χ0v) is 8.64. The molecule has 0 N–H and O–H groups in total. The van der Waals surface area contributed by atoms with Gasteiger partial charge in [0.05, 0.1) is 6.60 Å². The van der Waals surface area contributed by atoms with Crippen molar-refractivity contribution in [2.75, 3.05) is 0 Å². The minimum Gasteiger partial charge on any atom is -0.0812 e. The minimum absolute atomic E-state index is 0.465. The van der Waals surface area contributed by atoms with Gasteiger partial charge in [-0.15, -0.1) is 0 Å². The first-order chi connectivity index (χ1) is 5.65. The summed E-state index contributed by atoms with van der Waals surface area (Å²) in [6, 6.07) is 0. The summed E-state index contributed by atoms with van der Waals surface area (Å²) in [4.78, 5) is 0. The van der Waals surface area contributed by atoms with Crippen molar-refractivity contribution >= 4 is 21.4 Å². The summed E-state index contributed by atoms with van der Waals surface area (Å²) in [6.07, 6.45) is 5.29. The van der Waals surface area contributed by atoms with Crippen molar-refractivity contribution in [2.24, 2.45) is 5.92 Å². The Morgan fingerprint density at radius 1 is 1.67 bits per heavy atom. The predicted molar refractivity (Wildman–Crippen MR) is 59.1 cm³/mol. The Balaban J connectivity index is 2.72. The van der Waals surface area contributed by atoms with Crippen molar-refractivity contribution in [1.82, 2.24) is 0 Å². The van der Waals surface area contributed by atoms with E-state index in [2.05, 4.69) is 20.8 Å². The summed E-state index contributed by atoms with van der Waals surface area (Å²) in [6.45, 7) is 7.70. The van der Waals surface area contributed by atoms with Crippen molar-refractivity contribution in [1.29, 1.82) is 0 Å². The Morgan fingerprint density at radius 3 is 2.75 bits per heavy atom. The molecule has 12 heavy (non-hydrogen) atoms. The molecule has 0 amide bonds. The lowest BCUT2D eigenvalue weighted by molar-refractivity contribution is 0.345. The van der Waals surface area contributed by atoms with Gasteiger partial charge in [0.2, 0.25) is 0 Å². The summed E-state index contributed by atoms with van der Waals surface area (Å²) in [5.41, 5.74) is 0. The van der Waals surface area contributed by atoms with Gasteiger partial charge in [0, 0.05) is 14.8 Å². The van der Waals surface area contributed by atoms with Gasteiger partial charge in [-0.3, -0.25) is 0 Å². The maximum atomic E-state index is 5.69. The van der Waals surface area contributed by atoms with Crippen molar-refractivity contribution in [3.63, 3.8) is 0 Å². The standard InChI is InChI=1S/C9H18B3/c1-4-9(3)8(2)6-5-7-12(9)11-10/h8H,4-7H2,1-3H3. The molecule has 0 aliphatic carbocycles. The molecule has 0 aromatic carbocycles. The molecular weight excluding hydrogens is 141 g/mol. The molecule has 0 aromatic rings. The molecule has 2 unspecified atom stereocenters. The van der Waals surface area contributed by atoms with Crippen LogP contribution in [0.2, 0.25) is 11.6 Å². The van der Waals surface area contributed by atoms with Crippen molar-refractivity contribution in [3.8, 4) is 0 Å². The molecule has 1 rings (SSSR count). The molecule has 1 aliphatic rings. The zero-order chi connectivity index (χ0) is 9.19. The highest BCUT2D eigenvalue weighted by Gasteiger charge is 2.40. The van der Waals surface area contributed by atoms with Crippen molar-refractivity contribution in [2.45, 2.75) is 51.7 Å². The van der Waals surface area contributed by atoms with E-state index in [1.807, 2.05) is 7.06 Å². The van der Waals surface area contributed by atoms with E-state index in [-0.39, 0.29) is 0 Å². The molecular formula is C9H18B3. The fourth-order valence-electron chi connectivity index (χ4n) is 2.60. The SMILES string of the molecule is [B][B]B1CCCC(C)C1(C)CC. The average molecular weight is 159 g/mol. The van der Waals surface area contributed by atoms with E-state index in [9.17, 15) is 0 Å². The molecule has 0 nitrogen and oxygen atoms in total. The quantitative estimate of drug-likeness (QED) is 0.542. The second-order valence-electron chi connectivity index (χ2n) is 4.49. The monoisotopic (exact) mass is 159 g/mol. The number of rotatable bonds is 2. The Labute approximate surface area is 79.6 Å². The first kappa shape index (κ1) is 10.3. The molecule has 0 saturated carbocycles. The van der Waals surface area contributed by atoms with E-state index in [0.29, 0.717) is 11.9 Å². The Morgan fingerprint density at radius 2 is 2.33 bits per heavy atom. The van der Waals surface area contributed by atoms with Gasteiger partial charge in [0.25, 0.3) is 0 Å². The van der Waals surface area contributed by atoms with E-state index in [0.717, 1.165) is 5.92 Å². The van der Waals surface area contributed by atoms with E-state index in [4.69, 9.17) is 7.74 Å². The summed E-state index contributed by atoms with van der Waals surface area (Å²) < 4.78 is 0. The third kappa shape index (κ3) is 1.60. The maximum absolute atomic E-state index is 5.69. The molecule has 0 bridgehead atoms. The summed E-state index contributed by atoms with van der Waals surface area (Å²) in [7, 11) is 7.62. The molecule has 1 fully saturated rings. The molecule has 2 atom stereocenters. The van der Waals surface area contributed by atoms with E-state index in [1.54, 1.807) is 0 Å². The van der Waals surface area contributed by atoms with Crippen LogP contribution in [0.4, 0.5) is 0 Å². The topological polar surface area (TPSA) is 0 Å². The maximum Gasteiger partial charge on any atom is 0.0981 e. The molecule has 1 saturated heterocycles. The van der Waals surface area contributed by atoms with Crippen LogP contribution < -0.4 is 0 Å². The first-order valence-corrected chi connectivity index (χ1v) is 5.20. The molecule has 3 radical (unpaired) electrons. The van der Waals surface area contributed by atoms with Gasteiger partial charge in [-0.25, -0.2) is 0 Å². The van der Waals surface area contributed by atoms with Gasteiger partial charge < -0.3 is 0 Å². The van der Waals surface area contributed by atoms with Crippen LogP contribution in [0.3, 0.4) is 0 Å². The van der Waals surface area contributed by atoms with Gasteiger partial charge in [0.1, 0.15) is 0 Å². The lowest BCUT2D eigenvalue weighted by atomic mass is 9.03. The lowest BCUT2D eigenvalue weighted by Crippen LogP contribution is -2.43. The van der Waals surface area contributed by atoms with Gasteiger partial charge in [0.15, 0.2) is 0 Å². The second kappa shape index (κ2) is 3.94. The normalized spacial score (nSPS) is 36.6. The highest BCUT2D eigenvalue weighted by Crippen LogP contribution is 2.48. The third-order valence-electron chi connectivity index (χ3n) is 4.12. The number of hydrogen-bond donors (Lipinski definition) is 0. The van der Waals surface area contributed by atoms with Crippen LogP contribution in [-0.4, -0.2) is 21.4 Å². The van der Waals surface area contributed by atoms with Gasteiger partial charge >= 0.3 is 0 Å². The highest BCUT2D eigenvalue weighted by atomic mass is 14.3. The second-order valence-corrected chi connectivity index (χ2v) is 4.49. The lowest BCUT2D eigenvalue weighted by Gasteiger charge is -2.45. The Bertz CT molecular complexity index is 149. The van der Waals surface area contributed by atoms with Crippen molar-refractivity contribution in [3.05, 3.63) is 0 Å². The third-order valence-corrected chi connectivity index (χ3v) is 4.12. The molecule has 1 heterocycles. The molecule has 0 spiro atoms. The van der Waals surface area contributed by atoms with Crippen LogP contribution in [0.5, 0.6) is 0 Å². The van der Waals surface area contributed by atoms with Gasteiger partial charge in [-0.1, -0.05) is 51.7 Å². The molecule has 1 aliphatic heterocycles. The summed E-state index contributed by atoms with van der Waals surface area (Å²) >= 11 is 0. The molecule has 3 heteroatoms. The fourth-order valence-corrected chi connectivity index (χ4v) is 2.60. The zero-order valence-electron chi connectivity index (χ0n) is 8.64. The van der Waals surface area contributed by atoms with Gasteiger partial charge in [-0.2, -0.15) is 0 Å². The highest BCUT2D eigenvalue weighted by molar-refractivity contribution is 7.32. The minimum atomic E-state index is 0.465. The Hall–Kier alpha value is 0.195. The van der Waals surface area contributed by atoms with Crippen LogP contribution in [0.25, 0.3) is 0 Å². The van der Waals surface area contributed by atoms with Crippen LogP contribution in [-0.2, 0) is 0 Å². The summed E-state index contributed by atoms with van der Waals surface area (Å²) in [5.74, 6) is 0.834. The van der Waals surface area contributed by atoms with Crippen LogP contribution >= 0.6 is 0 Å². The predicted octanol–water partition coefficient (Wildman–Crippen LogP) is 2.37. The molecule has 63 valence electrons. The van der Waals surface area contributed by atoms with Crippen LogP contribution in [0, 0.1) is 5.92 Å². The first-order valence-electron chi connectivity index (χ1n) is 5.20. The summed E-state index contributed by atoms with van der Waals surface area (Å²) in [5, 5.41) is 0.465. The van der Waals surface area contributed by atoms with E-state index < -0.39 is 0 Å². The fraction of sp³-hybridized carbons (Fsp3) is 1.00. The largest absolute Gasteiger partial charge is 0.0981 e. The van der Waals surface area contributed by atoms with Crippen LogP contribution in [0.1, 0.15) is 40.0 Å².